The van der Waals surface area contributed by atoms with Crippen molar-refractivity contribution in [3.05, 3.63) is 0 Å². The van der Waals surface area contributed by atoms with Gasteiger partial charge in [0.25, 0.3) is 0 Å². The molecular formula is C17H26O3. The first-order valence-corrected chi connectivity index (χ1v) is 8.18. The molecule has 0 heterocycles. The first kappa shape index (κ1) is 14.1. The summed E-state index contributed by atoms with van der Waals surface area (Å²) in [4.78, 5) is 23.2. The van der Waals surface area contributed by atoms with Crippen LogP contribution in [0.25, 0.3) is 0 Å². The van der Waals surface area contributed by atoms with Gasteiger partial charge in [0.15, 0.2) is 0 Å². The number of Topliss-reactive ketones (excluding diaryl/α,β-unsaturated/α-hetero) is 1. The Bertz CT molecular complexity index is 416. The third kappa shape index (κ3) is 2.19. The van der Waals surface area contributed by atoms with Crippen molar-refractivity contribution in [2.75, 3.05) is 0 Å². The van der Waals surface area contributed by atoms with E-state index in [-0.39, 0.29) is 12.1 Å². The van der Waals surface area contributed by atoms with Crippen molar-refractivity contribution in [2.45, 2.75) is 59.0 Å². The van der Waals surface area contributed by atoms with Crippen LogP contribution in [-0.4, -0.2) is 17.9 Å². The Labute approximate surface area is 121 Å². The average molecular weight is 278 g/mol. The van der Waals surface area contributed by atoms with E-state index in [1.165, 1.54) is 19.8 Å². The Morgan fingerprint density at radius 3 is 2.55 bits per heavy atom. The summed E-state index contributed by atoms with van der Waals surface area (Å²) in [5.41, 5.74) is 0. The van der Waals surface area contributed by atoms with E-state index < -0.39 is 0 Å². The number of rotatable bonds is 1. The third-order valence-electron chi connectivity index (χ3n) is 6.42. The van der Waals surface area contributed by atoms with Crippen LogP contribution < -0.4 is 0 Å². The molecule has 112 valence electrons. The fraction of sp³-hybridized carbons (Fsp3) is 0.882. The normalized spacial score (nSPS) is 47.5. The predicted molar refractivity (Wildman–Crippen MR) is 75.9 cm³/mol. The van der Waals surface area contributed by atoms with Crippen LogP contribution in [0.4, 0.5) is 0 Å². The van der Waals surface area contributed by atoms with Crippen molar-refractivity contribution in [2.24, 2.45) is 35.5 Å². The second-order valence-corrected chi connectivity index (χ2v) is 7.32. The Balaban J connectivity index is 1.85. The van der Waals surface area contributed by atoms with Gasteiger partial charge >= 0.3 is 5.97 Å². The minimum atomic E-state index is -0.149. The Morgan fingerprint density at radius 1 is 1.10 bits per heavy atom. The van der Waals surface area contributed by atoms with E-state index in [4.69, 9.17) is 4.74 Å². The minimum Gasteiger partial charge on any atom is -0.462 e. The van der Waals surface area contributed by atoms with Gasteiger partial charge in [0.05, 0.1) is 0 Å². The summed E-state index contributed by atoms with van der Waals surface area (Å²) in [6, 6.07) is 0. The zero-order valence-corrected chi connectivity index (χ0v) is 12.8. The molecule has 3 aliphatic carbocycles. The summed E-state index contributed by atoms with van der Waals surface area (Å²) in [5, 5.41) is 0. The van der Waals surface area contributed by atoms with E-state index in [9.17, 15) is 9.59 Å². The lowest BCUT2D eigenvalue weighted by Gasteiger charge is -2.44. The molecule has 3 heteroatoms. The minimum absolute atomic E-state index is 0.0773. The first-order chi connectivity index (χ1) is 9.49. The van der Waals surface area contributed by atoms with Gasteiger partial charge in [0.1, 0.15) is 11.9 Å². The third-order valence-corrected chi connectivity index (χ3v) is 6.42. The highest BCUT2D eigenvalue weighted by Crippen LogP contribution is 2.56. The van der Waals surface area contributed by atoms with Gasteiger partial charge in [-0.3, -0.25) is 9.59 Å². The maximum atomic E-state index is 11.7. The van der Waals surface area contributed by atoms with Crippen LogP contribution in [0.3, 0.4) is 0 Å². The van der Waals surface area contributed by atoms with Crippen LogP contribution in [0.1, 0.15) is 52.9 Å². The van der Waals surface area contributed by atoms with Gasteiger partial charge < -0.3 is 4.74 Å². The van der Waals surface area contributed by atoms with Gasteiger partial charge in [-0.05, 0) is 48.9 Å². The fourth-order valence-corrected chi connectivity index (χ4v) is 5.37. The van der Waals surface area contributed by atoms with E-state index >= 15 is 0 Å². The number of fused-ring (bicyclic) bond motifs is 3. The molecule has 20 heavy (non-hydrogen) atoms. The van der Waals surface area contributed by atoms with E-state index in [1.807, 2.05) is 0 Å². The summed E-state index contributed by atoms with van der Waals surface area (Å²) >= 11 is 0. The van der Waals surface area contributed by atoms with Crippen molar-refractivity contribution >= 4 is 11.8 Å². The first-order valence-electron chi connectivity index (χ1n) is 8.18. The summed E-state index contributed by atoms with van der Waals surface area (Å²) in [5.74, 6) is 3.69. The zero-order chi connectivity index (χ0) is 14.4. The lowest BCUT2D eigenvalue weighted by molar-refractivity contribution is -0.154. The number of hydrogen-bond donors (Lipinski definition) is 0. The van der Waals surface area contributed by atoms with E-state index in [2.05, 4.69) is 13.8 Å². The molecule has 0 bridgehead atoms. The SMILES string of the molecule is CC(=O)OC1C(C)[C@@H](C)[C@@H]2CCC3CC(=O)CCC3C12. The van der Waals surface area contributed by atoms with E-state index in [0.29, 0.717) is 41.3 Å². The highest BCUT2D eigenvalue weighted by Gasteiger charge is 2.55. The van der Waals surface area contributed by atoms with Gasteiger partial charge in [-0.2, -0.15) is 0 Å². The highest BCUT2D eigenvalue weighted by atomic mass is 16.5. The molecule has 0 amide bonds. The molecule has 0 N–H and O–H groups in total. The maximum absolute atomic E-state index is 11.7. The Hall–Kier alpha value is -0.860. The van der Waals surface area contributed by atoms with Crippen molar-refractivity contribution in [1.82, 2.24) is 0 Å². The smallest absolute Gasteiger partial charge is 0.302 e. The lowest BCUT2D eigenvalue weighted by atomic mass is 9.61. The molecule has 0 aromatic rings. The molecule has 5 unspecified atom stereocenters. The summed E-state index contributed by atoms with van der Waals surface area (Å²) < 4.78 is 5.72. The van der Waals surface area contributed by atoms with E-state index in [1.54, 1.807) is 0 Å². The fourth-order valence-electron chi connectivity index (χ4n) is 5.37. The standard InChI is InChI=1S/C17H26O3/c1-9-10(2)17(20-11(3)18)16-14(9)6-4-12-8-13(19)5-7-15(12)16/h9-10,12,14-17H,4-8H2,1-3H3/t9-,10?,12?,14+,15?,16?,17?/m1/s1. The number of ketones is 1. The largest absolute Gasteiger partial charge is 0.462 e. The molecule has 0 aromatic carbocycles. The van der Waals surface area contributed by atoms with Gasteiger partial charge in [0, 0.05) is 25.7 Å². The van der Waals surface area contributed by atoms with Crippen LogP contribution in [0, 0.1) is 35.5 Å². The molecule has 0 saturated heterocycles. The average Bonchev–Trinajstić information content (AvgIpc) is 2.63. The van der Waals surface area contributed by atoms with Gasteiger partial charge in [-0.1, -0.05) is 13.8 Å². The van der Waals surface area contributed by atoms with E-state index in [0.717, 1.165) is 19.3 Å². The number of carbonyl (C=O) groups is 2. The van der Waals surface area contributed by atoms with Crippen LogP contribution in [0.15, 0.2) is 0 Å². The predicted octanol–water partition coefficient (Wildman–Crippen LogP) is 3.22. The molecule has 3 aliphatic rings. The molecule has 0 radical (unpaired) electrons. The monoisotopic (exact) mass is 278 g/mol. The Morgan fingerprint density at radius 2 is 1.85 bits per heavy atom. The second kappa shape index (κ2) is 5.16. The van der Waals surface area contributed by atoms with Crippen LogP contribution in [0.5, 0.6) is 0 Å². The Kier molecular flexibility index (Phi) is 3.64. The molecule has 0 spiro atoms. The highest BCUT2D eigenvalue weighted by molar-refractivity contribution is 5.79. The number of hydrogen-bond acceptors (Lipinski definition) is 3. The topological polar surface area (TPSA) is 43.4 Å². The maximum Gasteiger partial charge on any atom is 0.302 e. The summed E-state index contributed by atoms with van der Waals surface area (Å²) in [7, 11) is 0. The molecule has 3 saturated carbocycles. The quantitative estimate of drug-likeness (QED) is 0.692. The number of carbonyl (C=O) groups excluding carboxylic acids is 2. The van der Waals surface area contributed by atoms with Crippen molar-refractivity contribution < 1.29 is 14.3 Å². The summed E-state index contributed by atoms with van der Waals surface area (Å²) in [6.07, 6.45) is 5.00. The van der Waals surface area contributed by atoms with Gasteiger partial charge in [-0.25, -0.2) is 0 Å². The number of esters is 1. The molecule has 3 rings (SSSR count). The molecule has 0 aliphatic heterocycles. The van der Waals surface area contributed by atoms with Crippen LogP contribution >= 0.6 is 0 Å². The van der Waals surface area contributed by atoms with Crippen molar-refractivity contribution in [1.29, 1.82) is 0 Å². The molecule has 7 atom stereocenters. The van der Waals surface area contributed by atoms with Crippen LogP contribution in [0.2, 0.25) is 0 Å². The zero-order valence-electron chi connectivity index (χ0n) is 12.8. The molecular weight excluding hydrogens is 252 g/mol. The molecule has 3 fully saturated rings. The van der Waals surface area contributed by atoms with Gasteiger partial charge in [0.2, 0.25) is 0 Å². The molecule has 0 aromatic heterocycles. The summed E-state index contributed by atoms with van der Waals surface area (Å²) in [6.45, 7) is 6.08. The lowest BCUT2D eigenvalue weighted by Crippen LogP contribution is -2.42. The molecule has 3 nitrogen and oxygen atoms in total. The second-order valence-electron chi connectivity index (χ2n) is 7.32. The number of ether oxygens (including phenoxy) is 1. The van der Waals surface area contributed by atoms with Crippen molar-refractivity contribution in [3.8, 4) is 0 Å². The van der Waals surface area contributed by atoms with Crippen molar-refractivity contribution in [3.63, 3.8) is 0 Å². The van der Waals surface area contributed by atoms with Gasteiger partial charge in [-0.15, -0.1) is 0 Å². The van der Waals surface area contributed by atoms with Crippen LogP contribution in [-0.2, 0) is 14.3 Å².